The highest BCUT2D eigenvalue weighted by Crippen LogP contribution is 2.46. The summed E-state index contributed by atoms with van der Waals surface area (Å²) in [5.41, 5.74) is 6.98. The molecule has 0 aliphatic carbocycles. The molecule has 9 aromatic carbocycles. The highest BCUT2D eigenvalue weighted by molar-refractivity contribution is 6.24. The summed E-state index contributed by atoms with van der Waals surface area (Å²) in [7, 11) is 0. The maximum Gasteiger partial charge on any atom is 0.136 e. The molecule has 1 heteroatoms. The summed E-state index contributed by atoms with van der Waals surface area (Å²) in [6.45, 7) is 0. The number of hydrogen-bond acceptors (Lipinski definition) is 1. The molecule has 10 aromatic rings. The molecule has 10 rings (SSSR count). The Morgan fingerprint density at radius 1 is 0.362 bits per heavy atom. The zero-order chi connectivity index (χ0) is 35.2. The summed E-state index contributed by atoms with van der Waals surface area (Å²) in [6, 6.07) is 47.1. The van der Waals surface area contributed by atoms with Crippen LogP contribution in [0, 0.1) is 0 Å². The first-order valence-electron chi connectivity index (χ1n) is 18.3. The van der Waals surface area contributed by atoms with Gasteiger partial charge in [-0.25, -0.2) is 0 Å². The van der Waals surface area contributed by atoms with E-state index in [1.165, 1.54) is 43.4 Å². The van der Waals surface area contributed by atoms with Gasteiger partial charge in [0.1, 0.15) is 11.2 Å². The molecule has 1 heterocycles. The van der Waals surface area contributed by atoms with Crippen LogP contribution in [0.1, 0.15) is 6.85 Å². The molecule has 0 saturated heterocycles. The molecule has 47 heavy (non-hydrogen) atoms. The largest absolute Gasteiger partial charge is 0.456 e. The smallest absolute Gasteiger partial charge is 0.136 e. The SMILES string of the molecule is [2H]c1c([2H])c([2H])c(-c2ccc3cc4oc5ccc(-c6c7ccccc7c(-c7cccc8ccccc78)c7ccccc67)cc5c4cc3c2)c([2H])c1[2H]. The van der Waals surface area contributed by atoms with Gasteiger partial charge in [-0.3, -0.25) is 0 Å². The summed E-state index contributed by atoms with van der Waals surface area (Å²) < 4.78 is 47.9. The van der Waals surface area contributed by atoms with Gasteiger partial charge in [0.15, 0.2) is 0 Å². The normalized spacial score (nSPS) is 13.3. The first-order chi connectivity index (χ1) is 25.4. The fourth-order valence-corrected chi connectivity index (χ4v) is 7.40. The number of fused-ring (bicyclic) bond motifs is 7. The molecule has 0 amide bonds. The van der Waals surface area contributed by atoms with E-state index < -0.39 is 6.04 Å². The van der Waals surface area contributed by atoms with Crippen molar-refractivity contribution in [1.29, 1.82) is 0 Å². The van der Waals surface area contributed by atoms with Crippen LogP contribution in [0.4, 0.5) is 0 Å². The van der Waals surface area contributed by atoms with Gasteiger partial charge in [-0.05, 0) is 107 Å². The quantitative estimate of drug-likeness (QED) is 0.184. The molecule has 0 aliphatic rings. The van der Waals surface area contributed by atoms with Crippen LogP contribution in [0.15, 0.2) is 174 Å². The highest BCUT2D eigenvalue weighted by atomic mass is 16.3. The number of rotatable bonds is 3. The van der Waals surface area contributed by atoms with E-state index >= 15 is 0 Å². The molecule has 0 saturated carbocycles. The molecule has 1 aromatic heterocycles. The maximum atomic E-state index is 8.53. The molecule has 0 N–H and O–H groups in total. The monoisotopic (exact) mass is 601 g/mol. The van der Waals surface area contributed by atoms with E-state index in [1.54, 1.807) is 6.07 Å². The van der Waals surface area contributed by atoms with Crippen LogP contribution >= 0.6 is 0 Å². The van der Waals surface area contributed by atoms with E-state index in [0.29, 0.717) is 5.56 Å². The predicted octanol–water partition coefficient (Wildman–Crippen LogP) is 13.2. The Balaban J connectivity index is 1.21. The lowest BCUT2D eigenvalue weighted by molar-refractivity contribution is 0.669. The summed E-state index contributed by atoms with van der Waals surface area (Å²) in [6.07, 6.45) is 0. The zero-order valence-corrected chi connectivity index (χ0v) is 25.2. The van der Waals surface area contributed by atoms with Gasteiger partial charge < -0.3 is 4.42 Å². The second-order valence-electron chi connectivity index (χ2n) is 12.1. The van der Waals surface area contributed by atoms with E-state index in [9.17, 15) is 0 Å². The fraction of sp³-hybridized carbons (Fsp3) is 0. The second kappa shape index (κ2) is 10.2. The van der Waals surface area contributed by atoms with Crippen molar-refractivity contribution in [3.8, 4) is 33.4 Å². The lowest BCUT2D eigenvalue weighted by atomic mass is 9.84. The third-order valence-electron chi connectivity index (χ3n) is 9.50. The number of benzene rings is 9. The van der Waals surface area contributed by atoms with Crippen molar-refractivity contribution in [3.05, 3.63) is 170 Å². The fourth-order valence-electron chi connectivity index (χ4n) is 7.40. The topological polar surface area (TPSA) is 13.1 Å². The Kier molecular flexibility index (Phi) is 4.66. The third-order valence-corrected chi connectivity index (χ3v) is 9.50. The molecule has 1 nitrogen and oxygen atoms in total. The molecule has 0 atom stereocenters. The molecule has 218 valence electrons. The van der Waals surface area contributed by atoms with Crippen molar-refractivity contribution in [2.75, 3.05) is 0 Å². The molecule has 0 bridgehead atoms. The van der Waals surface area contributed by atoms with Crippen molar-refractivity contribution in [3.63, 3.8) is 0 Å². The Morgan fingerprint density at radius 3 is 1.77 bits per heavy atom. The van der Waals surface area contributed by atoms with E-state index in [1.807, 2.05) is 18.2 Å². The van der Waals surface area contributed by atoms with Crippen LogP contribution in [-0.2, 0) is 0 Å². The maximum absolute atomic E-state index is 8.53. The van der Waals surface area contributed by atoms with Crippen molar-refractivity contribution in [2.24, 2.45) is 0 Å². The molecule has 0 radical (unpaired) electrons. The second-order valence-corrected chi connectivity index (χ2v) is 12.1. The van der Waals surface area contributed by atoms with Crippen molar-refractivity contribution in [1.82, 2.24) is 0 Å². The molecule has 0 aliphatic heterocycles. The first kappa shape index (κ1) is 21.5. The minimum atomic E-state index is -0.398. The molecular weight excluding hydrogens is 569 g/mol. The summed E-state index contributed by atoms with van der Waals surface area (Å²) in [5, 5.41) is 10.9. The number of hydrogen-bond donors (Lipinski definition) is 0. The summed E-state index contributed by atoms with van der Waals surface area (Å²) in [5.74, 6) is 0. The van der Waals surface area contributed by atoms with Gasteiger partial charge in [-0.1, -0.05) is 139 Å². The third kappa shape index (κ3) is 4.03. The lowest BCUT2D eigenvalue weighted by Gasteiger charge is -2.18. The Labute approximate surface area is 279 Å². The Morgan fingerprint density at radius 2 is 1.00 bits per heavy atom. The number of furan rings is 1. The van der Waals surface area contributed by atoms with Gasteiger partial charge in [0, 0.05) is 10.8 Å². The summed E-state index contributed by atoms with van der Waals surface area (Å²) in [4.78, 5) is 0. The van der Waals surface area contributed by atoms with E-state index in [-0.39, 0.29) is 29.7 Å². The van der Waals surface area contributed by atoms with Gasteiger partial charge >= 0.3 is 0 Å². The van der Waals surface area contributed by atoms with Crippen LogP contribution in [0.3, 0.4) is 0 Å². The molecule has 0 fully saturated rings. The minimum Gasteiger partial charge on any atom is -0.456 e. The standard InChI is InChI=1S/C46H28O/c1-2-11-29(12-3-1)31-21-22-32-28-44-42(27-34(32)25-31)41-26-33(23-24-43(41)47-44)45-37-16-6-8-18-39(37)46(40-19-9-7-17-38(40)45)36-20-10-14-30-13-4-5-15-35(30)36/h1-28H/i1D,2D,3D,11D,12D. The van der Waals surface area contributed by atoms with Gasteiger partial charge in [-0.15, -0.1) is 0 Å². The minimum absolute atomic E-state index is 0.193. The predicted molar refractivity (Wildman–Crippen MR) is 200 cm³/mol. The van der Waals surface area contributed by atoms with Crippen molar-refractivity contribution in [2.45, 2.75) is 0 Å². The van der Waals surface area contributed by atoms with E-state index in [0.717, 1.165) is 43.8 Å². The Hall–Kier alpha value is -6.18. The van der Waals surface area contributed by atoms with Crippen molar-refractivity contribution < 1.29 is 11.3 Å². The van der Waals surface area contributed by atoms with Crippen LogP contribution in [0.5, 0.6) is 0 Å². The molecule has 0 unspecified atom stereocenters. The van der Waals surface area contributed by atoms with Gasteiger partial charge in [-0.2, -0.15) is 0 Å². The average molecular weight is 602 g/mol. The van der Waals surface area contributed by atoms with Gasteiger partial charge in [0.25, 0.3) is 0 Å². The van der Waals surface area contributed by atoms with Crippen LogP contribution in [0.25, 0.3) is 98.4 Å². The van der Waals surface area contributed by atoms with E-state index in [4.69, 9.17) is 11.3 Å². The zero-order valence-electron chi connectivity index (χ0n) is 30.2. The Bertz CT molecular complexity index is 3050. The summed E-state index contributed by atoms with van der Waals surface area (Å²) >= 11 is 0. The van der Waals surface area contributed by atoms with E-state index in [2.05, 4.69) is 115 Å². The van der Waals surface area contributed by atoms with Crippen molar-refractivity contribution >= 4 is 65.0 Å². The molecular formula is C46H28O. The van der Waals surface area contributed by atoms with Crippen LogP contribution < -0.4 is 0 Å². The lowest BCUT2D eigenvalue weighted by Crippen LogP contribution is -1.91. The van der Waals surface area contributed by atoms with Crippen LogP contribution in [-0.4, -0.2) is 0 Å². The molecule has 0 spiro atoms. The first-order valence-corrected chi connectivity index (χ1v) is 15.8. The highest BCUT2D eigenvalue weighted by Gasteiger charge is 2.19. The average Bonchev–Trinajstić information content (AvgIpc) is 3.53. The van der Waals surface area contributed by atoms with Crippen LogP contribution in [0.2, 0.25) is 0 Å². The van der Waals surface area contributed by atoms with Gasteiger partial charge in [0.05, 0.1) is 6.85 Å². The van der Waals surface area contributed by atoms with Gasteiger partial charge in [0.2, 0.25) is 0 Å².